The number of benzene rings is 2. The van der Waals surface area contributed by atoms with Crippen molar-refractivity contribution in [1.82, 2.24) is 14.9 Å². The monoisotopic (exact) mass is 537 g/mol. The van der Waals surface area contributed by atoms with Gasteiger partial charge in [-0.05, 0) is 98.2 Å². The average Bonchev–Trinajstić information content (AvgIpc) is 3.48. The van der Waals surface area contributed by atoms with E-state index in [1.165, 1.54) is 33.9 Å². The summed E-state index contributed by atoms with van der Waals surface area (Å²) in [6.45, 7) is 9.96. The SMILES string of the molecule is CCc1ccc(-n2c(C)cc([C@H]3[C@@H](c4ccccn4)NC(=S)N3c3ccc(N4CCOCC4)cc3)c2C)cc1. The predicted molar refractivity (Wildman–Crippen MR) is 162 cm³/mol. The van der Waals surface area contributed by atoms with Gasteiger partial charge < -0.3 is 24.4 Å². The number of morpholine rings is 1. The van der Waals surface area contributed by atoms with Crippen LogP contribution in [0, 0.1) is 13.8 Å². The summed E-state index contributed by atoms with van der Waals surface area (Å²) in [7, 11) is 0. The first kappa shape index (κ1) is 25.6. The molecule has 2 aliphatic heterocycles. The maximum Gasteiger partial charge on any atom is 0.174 e. The van der Waals surface area contributed by atoms with Gasteiger partial charge in [-0.25, -0.2) is 0 Å². The van der Waals surface area contributed by atoms with Crippen LogP contribution in [-0.2, 0) is 11.2 Å². The molecule has 0 amide bonds. The van der Waals surface area contributed by atoms with E-state index in [-0.39, 0.29) is 12.1 Å². The Morgan fingerprint density at radius 3 is 2.28 bits per heavy atom. The van der Waals surface area contributed by atoms with Gasteiger partial charge in [-0.15, -0.1) is 0 Å². The molecule has 4 aromatic rings. The number of nitrogens with zero attached hydrogens (tertiary/aromatic N) is 4. The minimum absolute atomic E-state index is 0.0449. The van der Waals surface area contributed by atoms with E-state index >= 15 is 0 Å². The summed E-state index contributed by atoms with van der Waals surface area (Å²) in [6, 6.07) is 25.9. The summed E-state index contributed by atoms with van der Waals surface area (Å²) < 4.78 is 7.89. The largest absolute Gasteiger partial charge is 0.378 e. The Morgan fingerprint density at radius 1 is 0.923 bits per heavy atom. The number of rotatable bonds is 6. The molecule has 0 aliphatic carbocycles. The number of aryl methyl sites for hydroxylation is 2. The van der Waals surface area contributed by atoms with Crippen molar-refractivity contribution in [2.45, 2.75) is 39.3 Å². The van der Waals surface area contributed by atoms with Crippen molar-refractivity contribution in [3.63, 3.8) is 0 Å². The summed E-state index contributed by atoms with van der Waals surface area (Å²) in [4.78, 5) is 9.38. The Morgan fingerprint density at radius 2 is 1.62 bits per heavy atom. The number of pyridine rings is 1. The molecule has 2 fully saturated rings. The lowest BCUT2D eigenvalue weighted by molar-refractivity contribution is 0.122. The van der Waals surface area contributed by atoms with Crippen LogP contribution in [0.5, 0.6) is 0 Å². The fourth-order valence-corrected chi connectivity index (χ4v) is 6.31. The van der Waals surface area contributed by atoms with Gasteiger partial charge in [0.05, 0.1) is 31.0 Å². The van der Waals surface area contributed by atoms with Gasteiger partial charge >= 0.3 is 0 Å². The summed E-state index contributed by atoms with van der Waals surface area (Å²) in [5.41, 5.74) is 9.45. The van der Waals surface area contributed by atoms with Gasteiger partial charge in [0, 0.05) is 47.7 Å². The highest BCUT2D eigenvalue weighted by Gasteiger charge is 2.42. The standard InChI is InChI=1S/C32H35N5OS/c1-4-24-8-10-26(11-9-24)36-22(2)21-28(23(36)3)31-30(29-7-5-6-16-33-29)34-32(39)37(31)27-14-12-25(13-15-27)35-17-19-38-20-18-35/h5-16,21,30-31H,4,17-20H2,1-3H3,(H,34,39)/t30-,31+/m1/s1. The Labute approximate surface area is 236 Å². The second-order valence-corrected chi connectivity index (χ2v) is 10.7. The van der Waals surface area contributed by atoms with Gasteiger partial charge in [0.25, 0.3) is 0 Å². The van der Waals surface area contributed by atoms with E-state index in [0.717, 1.165) is 44.1 Å². The Bertz CT molecular complexity index is 1440. The molecule has 0 spiro atoms. The molecule has 2 atom stereocenters. The van der Waals surface area contributed by atoms with Crippen molar-refractivity contribution < 1.29 is 4.74 Å². The highest BCUT2D eigenvalue weighted by molar-refractivity contribution is 7.80. The molecule has 6 rings (SSSR count). The number of hydrogen-bond acceptors (Lipinski definition) is 4. The molecule has 2 aromatic heterocycles. The lowest BCUT2D eigenvalue weighted by Gasteiger charge is -2.31. The quantitative estimate of drug-likeness (QED) is 0.302. The molecule has 200 valence electrons. The third-order valence-electron chi connectivity index (χ3n) is 7.99. The van der Waals surface area contributed by atoms with Crippen molar-refractivity contribution in [3.8, 4) is 5.69 Å². The molecule has 6 nitrogen and oxygen atoms in total. The molecule has 0 unspecified atom stereocenters. The number of nitrogens with one attached hydrogen (secondary N) is 1. The Balaban J connectivity index is 1.42. The molecule has 0 bridgehead atoms. The molecule has 39 heavy (non-hydrogen) atoms. The van der Waals surface area contributed by atoms with Gasteiger partial charge in [0.15, 0.2) is 5.11 Å². The molecule has 2 saturated heterocycles. The van der Waals surface area contributed by atoms with E-state index in [4.69, 9.17) is 21.9 Å². The molecule has 4 heterocycles. The Hall–Kier alpha value is -3.68. The third-order valence-corrected chi connectivity index (χ3v) is 8.31. The second-order valence-electron chi connectivity index (χ2n) is 10.3. The molecule has 0 saturated carbocycles. The Kier molecular flexibility index (Phi) is 7.11. The van der Waals surface area contributed by atoms with Gasteiger partial charge in [-0.3, -0.25) is 4.98 Å². The topological polar surface area (TPSA) is 45.6 Å². The van der Waals surface area contributed by atoms with E-state index < -0.39 is 0 Å². The normalized spacial score (nSPS) is 19.4. The first-order valence-corrected chi connectivity index (χ1v) is 14.2. The maximum absolute atomic E-state index is 5.99. The predicted octanol–water partition coefficient (Wildman–Crippen LogP) is 6.07. The fourth-order valence-electron chi connectivity index (χ4n) is 5.96. The van der Waals surface area contributed by atoms with Crippen molar-refractivity contribution in [2.24, 2.45) is 0 Å². The van der Waals surface area contributed by atoms with E-state index in [9.17, 15) is 0 Å². The molecular formula is C32H35N5OS. The van der Waals surface area contributed by atoms with Crippen LogP contribution >= 0.6 is 12.2 Å². The lowest BCUT2D eigenvalue weighted by atomic mass is 9.96. The van der Waals surface area contributed by atoms with Crippen molar-refractivity contribution in [3.05, 3.63) is 107 Å². The van der Waals surface area contributed by atoms with E-state index in [0.29, 0.717) is 5.11 Å². The smallest absolute Gasteiger partial charge is 0.174 e. The van der Waals surface area contributed by atoms with Crippen LogP contribution < -0.4 is 15.1 Å². The molecule has 1 N–H and O–H groups in total. The molecule has 2 aromatic carbocycles. The van der Waals surface area contributed by atoms with Crippen LogP contribution in [0.1, 0.15) is 47.2 Å². The van der Waals surface area contributed by atoms with Crippen LogP contribution in [0.3, 0.4) is 0 Å². The molecule has 2 aliphatic rings. The van der Waals surface area contributed by atoms with Gasteiger partial charge in [-0.2, -0.15) is 0 Å². The zero-order chi connectivity index (χ0) is 26.9. The van der Waals surface area contributed by atoms with E-state index in [1.807, 2.05) is 18.3 Å². The summed E-state index contributed by atoms with van der Waals surface area (Å²) in [6.07, 6.45) is 2.89. The van der Waals surface area contributed by atoms with Crippen LogP contribution in [0.2, 0.25) is 0 Å². The van der Waals surface area contributed by atoms with Crippen molar-refractivity contribution in [1.29, 1.82) is 0 Å². The van der Waals surface area contributed by atoms with Crippen LogP contribution in [-0.4, -0.2) is 41.0 Å². The van der Waals surface area contributed by atoms with E-state index in [2.05, 4.69) is 101 Å². The number of anilines is 2. The highest BCUT2D eigenvalue weighted by Crippen LogP contribution is 2.44. The molecular weight excluding hydrogens is 502 g/mol. The van der Waals surface area contributed by atoms with Gasteiger partial charge in [-0.1, -0.05) is 25.1 Å². The van der Waals surface area contributed by atoms with Crippen LogP contribution in [0.4, 0.5) is 11.4 Å². The first-order valence-electron chi connectivity index (χ1n) is 13.8. The third kappa shape index (κ3) is 4.81. The summed E-state index contributed by atoms with van der Waals surface area (Å²) in [5, 5.41) is 4.33. The van der Waals surface area contributed by atoms with E-state index in [1.54, 1.807) is 0 Å². The summed E-state index contributed by atoms with van der Waals surface area (Å²) >= 11 is 5.99. The fraction of sp³-hybridized carbons (Fsp3) is 0.312. The minimum atomic E-state index is -0.0750. The second kappa shape index (κ2) is 10.8. The van der Waals surface area contributed by atoms with Crippen LogP contribution in [0.15, 0.2) is 79.0 Å². The maximum atomic E-state index is 5.99. The van der Waals surface area contributed by atoms with Crippen molar-refractivity contribution in [2.75, 3.05) is 36.1 Å². The molecule has 0 radical (unpaired) electrons. The number of ether oxygens (including phenoxy) is 1. The molecule has 7 heteroatoms. The van der Waals surface area contributed by atoms with Crippen LogP contribution in [0.25, 0.3) is 5.69 Å². The van der Waals surface area contributed by atoms with Gasteiger partial charge in [0.1, 0.15) is 0 Å². The number of thiocarbonyl (C=S) groups is 1. The number of aromatic nitrogens is 2. The summed E-state index contributed by atoms with van der Waals surface area (Å²) in [5.74, 6) is 0. The average molecular weight is 538 g/mol. The zero-order valence-electron chi connectivity index (χ0n) is 22.8. The first-order chi connectivity index (χ1) is 19.0. The lowest BCUT2D eigenvalue weighted by Crippen LogP contribution is -2.36. The minimum Gasteiger partial charge on any atom is -0.378 e. The van der Waals surface area contributed by atoms with Gasteiger partial charge in [0.2, 0.25) is 0 Å². The number of hydrogen-bond donors (Lipinski definition) is 1. The highest BCUT2D eigenvalue weighted by atomic mass is 32.1. The zero-order valence-corrected chi connectivity index (χ0v) is 23.6. The van der Waals surface area contributed by atoms with Crippen molar-refractivity contribution >= 4 is 28.7 Å².